The molecule has 0 aliphatic carbocycles. The molecule has 1 saturated heterocycles. The number of carbonyl (C=O) groups is 1. The number of amides is 1. The van der Waals surface area contributed by atoms with E-state index in [0.29, 0.717) is 6.54 Å². The van der Waals surface area contributed by atoms with E-state index in [1.54, 1.807) is 6.33 Å². The van der Waals surface area contributed by atoms with E-state index in [2.05, 4.69) is 53.2 Å². The summed E-state index contributed by atoms with van der Waals surface area (Å²) in [5.74, 6) is 1.32. The molecule has 4 rings (SSSR count). The molecule has 2 aliphatic rings. The number of nitrogens with zero attached hydrogens (tertiary/aromatic N) is 4. The summed E-state index contributed by atoms with van der Waals surface area (Å²) in [4.78, 5) is 15.4. The van der Waals surface area contributed by atoms with E-state index in [1.165, 1.54) is 5.56 Å². The second-order valence-corrected chi connectivity index (χ2v) is 7.90. The predicted octanol–water partition coefficient (Wildman–Crippen LogP) is 2.84. The van der Waals surface area contributed by atoms with Crippen molar-refractivity contribution >= 4 is 5.91 Å². The van der Waals surface area contributed by atoms with Gasteiger partial charge < -0.3 is 9.47 Å². The number of likely N-dealkylation sites (tertiary alicyclic amines) is 1. The van der Waals surface area contributed by atoms with Crippen LogP contribution in [-0.4, -0.2) is 32.1 Å². The first-order valence-electron chi connectivity index (χ1n) is 8.76. The van der Waals surface area contributed by atoms with Crippen LogP contribution in [0.2, 0.25) is 0 Å². The van der Waals surface area contributed by atoms with Crippen LogP contribution in [0, 0.1) is 11.3 Å². The molecule has 24 heavy (non-hydrogen) atoms. The molecule has 0 spiro atoms. The number of aromatic nitrogens is 3. The molecule has 0 bridgehead atoms. The molecule has 126 valence electrons. The Morgan fingerprint density at radius 2 is 2.04 bits per heavy atom. The monoisotopic (exact) mass is 324 g/mol. The largest absolute Gasteiger partial charge is 0.335 e. The van der Waals surface area contributed by atoms with Gasteiger partial charge in [-0.15, -0.1) is 10.2 Å². The minimum atomic E-state index is 0.0358. The van der Waals surface area contributed by atoms with Crippen molar-refractivity contribution in [2.24, 2.45) is 11.3 Å². The van der Waals surface area contributed by atoms with Gasteiger partial charge in [0.1, 0.15) is 12.2 Å². The van der Waals surface area contributed by atoms with Crippen molar-refractivity contribution in [3.05, 3.63) is 48.0 Å². The highest BCUT2D eigenvalue weighted by molar-refractivity contribution is 5.80. The molecule has 2 unspecified atom stereocenters. The van der Waals surface area contributed by atoms with Crippen LogP contribution in [0.25, 0.3) is 0 Å². The molecular weight excluding hydrogens is 300 g/mol. The maximum Gasteiger partial charge on any atom is 0.228 e. The zero-order valence-electron chi connectivity index (χ0n) is 14.4. The van der Waals surface area contributed by atoms with Crippen molar-refractivity contribution in [1.82, 2.24) is 19.7 Å². The lowest BCUT2D eigenvalue weighted by molar-refractivity contribution is -0.137. The van der Waals surface area contributed by atoms with Gasteiger partial charge in [0, 0.05) is 19.5 Å². The van der Waals surface area contributed by atoms with Crippen LogP contribution in [0.1, 0.15) is 44.1 Å². The van der Waals surface area contributed by atoms with Crippen molar-refractivity contribution in [3.63, 3.8) is 0 Å². The second kappa shape index (κ2) is 5.72. The number of hydrogen-bond donors (Lipinski definition) is 0. The lowest BCUT2D eigenvalue weighted by Gasteiger charge is -2.31. The molecule has 0 saturated carbocycles. The van der Waals surface area contributed by atoms with Gasteiger partial charge in [0.2, 0.25) is 5.91 Å². The third kappa shape index (κ3) is 2.72. The van der Waals surface area contributed by atoms with Crippen LogP contribution in [0.5, 0.6) is 0 Å². The number of rotatable bonds is 2. The normalized spacial score (nSPS) is 25.5. The predicted molar refractivity (Wildman–Crippen MR) is 91.1 cm³/mol. The first-order valence-corrected chi connectivity index (χ1v) is 8.76. The molecule has 2 atom stereocenters. The molecule has 1 aromatic carbocycles. The lowest BCUT2D eigenvalue weighted by atomic mass is 9.89. The van der Waals surface area contributed by atoms with Gasteiger partial charge in [0.05, 0.1) is 12.0 Å². The van der Waals surface area contributed by atoms with Crippen molar-refractivity contribution in [3.8, 4) is 0 Å². The Labute approximate surface area is 142 Å². The zero-order valence-corrected chi connectivity index (χ0v) is 14.4. The van der Waals surface area contributed by atoms with E-state index in [9.17, 15) is 4.79 Å². The van der Waals surface area contributed by atoms with Crippen LogP contribution in [0.3, 0.4) is 0 Å². The molecular formula is C19H24N4O. The average molecular weight is 324 g/mol. The molecule has 5 heteroatoms. The van der Waals surface area contributed by atoms with E-state index in [0.717, 1.165) is 31.6 Å². The van der Waals surface area contributed by atoms with Gasteiger partial charge in [-0.3, -0.25) is 4.79 Å². The van der Waals surface area contributed by atoms with Crippen LogP contribution < -0.4 is 0 Å². The molecule has 0 N–H and O–H groups in total. The second-order valence-electron chi connectivity index (χ2n) is 7.90. The van der Waals surface area contributed by atoms with Gasteiger partial charge in [-0.2, -0.15) is 0 Å². The van der Waals surface area contributed by atoms with Gasteiger partial charge in [-0.1, -0.05) is 44.2 Å². The number of benzene rings is 1. The molecule has 1 aromatic heterocycles. The molecule has 5 nitrogen and oxygen atoms in total. The zero-order chi connectivity index (χ0) is 16.7. The number of aryl methyl sites for hydroxylation is 1. The summed E-state index contributed by atoms with van der Waals surface area (Å²) in [6.45, 7) is 6.06. The quantitative estimate of drug-likeness (QED) is 0.853. The third-order valence-electron chi connectivity index (χ3n) is 5.37. The molecule has 2 aromatic rings. The van der Waals surface area contributed by atoms with Gasteiger partial charge in [-0.05, 0) is 23.8 Å². The molecule has 1 fully saturated rings. The maximum absolute atomic E-state index is 13.3. The fraction of sp³-hybridized carbons (Fsp3) is 0.526. The Kier molecular flexibility index (Phi) is 3.66. The van der Waals surface area contributed by atoms with E-state index in [1.807, 2.05) is 10.6 Å². The van der Waals surface area contributed by atoms with Gasteiger partial charge in [-0.25, -0.2) is 0 Å². The molecule has 3 heterocycles. The summed E-state index contributed by atoms with van der Waals surface area (Å²) >= 11 is 0. The molecule has 1 amide bonds. The Morgan fingerprint density at radius 1 is 1.25 bits per heavy atom. The van der Waals surface area contributed by atoms with Gasteiger partial charge >= 0.3 is 0 Å². The first-order chi connectivity index (χ1) is 11.5. The van der Waals surface area contributed by atoms with E-state index < -0.39 is 0 Å². The standard InChI is InChI=1S/C19H24N4O/c1-19(2)10-16(14-6-4-3-5-7-14)23(12-19)18(24)15-8-9-17-21-20-13-22(17)11-15/h3-7,13,15-16H,8-12H2,1-2H3. The summed E-state index contributed by atoms with van der Waals surface area (Å²) in [7, 11) is 0. The highest BCUT2D eigenvalue weighted by Crippen LogP contribution is 2.43. The smallest absolute Gasteiger partial charge is 0.228 e. The number of carbonyl (C=O) groups excluding carboxylic acids is 1. The van der Waals surface area contributed by atoms with Crippen molar-refractivity contribution < 1.29 is 4.79 Å². The summed E-state index contributed by atoms with van der Waals surface area (Å²) in [5.41, 5.74) is 1.41. The van der Waals surface area contributed by atoms with Crippen molar-refractivity contribution in [2.75, 3.05) is 6.54 Å². The minimum absolute atomic E-state index is 0.0358. The molecule has 2 aliphatic heterocycles. The fourth-order valence-electron chi connectivity index (χ4n) is 4.17. The summed E-state index contributed by atoms with van der Waals surface area (Å²) in [5, 5.41) is 8.09. The average Bonchev–Trinajstić information content (AvgIpc) is 3.18. The Hall–Kier alpha value is -2.17. The maximum atomic E-state index is 13.3. The van der Waals surface area contributed by atoms with Gasteiger partial charge in [0.25, 0.3) is 0 Å². The summed E-state index contributed by atoms with van der Waals surface area (Å²) < 4.78 is 2.03. The minimum Gasteiger partial charge on any atom is -0.335 e. The van der Waals surface area contributed by atoms with E-state index >= 15 is 0 Å². The van der Waals surface area contributed by atoms with Crippen molar-refractivity contribution in [1.29, 1.82) is 0 Å². The summed E-state index contributed by atoms with van der Waals surface area (Å²) in [6.07, 6.45) is 4.48. The van der Waals surface area contributed by atoms with Crippen LogP contribution >= 0.6 is 0 Å². The Balaban J connectivity index is 1.58. The Morgan fingerprint density at radius 3 is 2.83 bits per heavy atom. The van der Waals surface area contributed by atoms with Crippen LogP contribution in [0.4, 0.5) is 0 Å². The highest BCUT2D eigenvalue weighted by Gasteiger charge is 2.43. The van der Waals surface area contributed by atoms with Gasteiger partial charge in [0.15, 0.2) is 0 Å². The van der Waals surface area contributed by atoms with E-state index in [-0.39, 0.29) is 23.3 Å². The SMILES string of the molecule is CC1(C)CC(c2ccccc2)N(C(=O)C2CCc3nncn3C2)C1. The lowest BCUT2D eigenvalue weighted by Crippen LogP contribution is -2.40. The third-order valence-corrected chi connectivity index (χ3v) is 5.37. The van der Waals surface area contributed by atoms with Crippen LogP contribution in [-0.2, 0) is 17.8 Å². The fourth-order valence-corrected chi connectivity index (χ4v) is 4.17. The summed E-state index contributed by atoms with van der Waals surface area (Å²) in [6, 6.07) is 10.6. The Bertz CT molecular complexity index is 737. The topological polar surface area (TPSA) is 51.0 Å². The van der Waals surface area contributed by atoms with E-state index in [4.69, 9.17) is 0 Å². The van der Waals surface area contributed by atoms with Crippen LogP contribution in [0.15, 0.2) is 36.7 Å². The number of fused-ring (bicyclic) bond motifs is 1. The first kappa shape index (κ1) is 15.4. The van der Waals surface area contributed by atoms with Crippen molar-refractivity contribution in [2.45, 2.75) is 45.7 Å². The highest BCUT2D eigenvalue weighted by atomic mass is 16.2. The molecule has 0 radical (unpaired) electrons. The number of hydrogen-bond acceptors (Lipinski definition) is 3.